The van der Waals surface area contributed by atoms with Crippen molar-refractivity contribution in [3.63, 3.8) is 0 Å². The molecule has 1 saturated heterocycles. The second-order valence-corrected chi connectivity index (χ2v) is 9.05. The van der Waals surface area contributed by atoms with Gasteiger partial charge in [-0.15, -0.1) is 0 Å². The first-order chi connectivity index (χ1) is 17.5. The predicted octanol–water partition coefficient (Wildman–Crippen LogP) is 5.37. The van der Waals surface area contributed by atoms with Crippen molar-refractivity contribution in [1.82, 2.24) is 4.90 Å². The topological polar surface area (TPSA) is 61.9 Å². The highest BCUT2D eigenvalue weighted by molar-refractivity contribution is 6.08. The highest BCUT2D eigenvalue weighted by atomic mass is 16.5. The van der Waals surface area contributed by atoms with Crippen molar-refractivity contribution >= 4 is 34.0 Å². The number of fused-ring (bicyclic) bond motifs is 1. The van der Waals surface area contributed by atoms with Crippen LogP contribution in [0.25, 0.3) is 10.8 Å². The van der Waals surface area contributed by atoms with Crippen LogP contribution in [-0.4, -0.2) is 50.0 Å². The minimum Gasteiger partial charge on any atom is -0.496 e. The highest BCUT2D eigenvalue weighted by Gasteiger charge is 2.22. The lowest BCUT2D eigenvalue weighted by atomic mass is 10.1. The van der Waals surface area contributed by atoms with E-state index in [-0.39, 0.29) is 11.8 Å². The fraction of sp³-hybridized carbons (Fsp3) is 0.200. The van der Waals surface area contributed by atoms with E-state index < -0.39 is 0 Å². The van der Waals surface area contributed by atoms with Crippen molar-refractivity contribution in [1.29, 1.82) is 0 Å². The summed E-state index contributed by atoms with van der Waals surface area (Å²) < 4.78 is 5.47. The van der Waals surface area contributed by atoms with E-state index in [1.165, 1.54) is 0 Å². The zero-order valence-electron chi connectivity index (χ0n) is 20.5. The first-order valence-corrected chi connectivity index (χ1v) is 12.1. The molecule has 5 rings (SSSR count). The Morgan fingerprint density at radius 3 is 2.08 bits per heavy atom. The molecule has 182 valence electrons. The van der Waals surface area contributed by atoms with Crippen LogP contribution < -0.4 is 15.0 Å². The summed E-state index contributed by atoms with van der Waals surface area (Å²) in [7, 11) is 1.57. The number of benzene rings is 4. The van der Waals surface area contributed by atoms with Gasteiger partial charge in [0.2, 0.25) is 0 Å². The molecule has 0 aromatic heterocycles. The molecule has 1 fully saturated rings. The first kappa shape index (κ1) is 23.4. The maximum absolute atomic E-state index is 13.0. The molecule has 1 N–H and O–H groups in total. The van der Waals surface area contributed by atoms with Gasteiger partial charge < -0.3 is 19.9 Å². The summed E-state index contributed by atoms with van der Waals surface area (Å²) in [6.07, 6.45) is 0. The Bertz CT molecular complexity index is 1390. The van der Waals surface area contributed by atoms with Crippen molar-refractivity contribution in [2.24, 2.45) is 0 Å². The number of piperazine rings is 1. The Kier molecular flexibility index (Phi) is 6.58. The van der Waals surface area contributed by atoms with Gasteiger partial charge in [-0.05, 0) is 66.2 Å². The fourth-order valence-electron chi connectivity index (χ4n) is 4.57. The van der Waals surface area contributed by atoms with E-state index >= 15 is 0 Å². The third-order valence-corrected chi connectivity index (χ3v) is 6.67. The summed E-state index contributed by atoms with van der Waals surface area (Å²) in [6, 6.07) is 27.2. The quantitative estimate of drug-likeness (QED) is 0.418. The number of hydrogen-bond acceptors (Lipinski definition) is 4. The van der Waals surface area contributed by atoms with Gasteiger partial charge in [-0.25, -0.2) is 0 Å². The molecule has 0 aliphatic carbocycles. The molecule has 1 heterocycles. The van der Waals surface area contributed by atoms with Gasteiger partial charge in [-0.3, -0.25) is 9.59 Å². The van der Waals surface area contributed by atoms with Crippen molar-refractivity contribution in [2.45, 2.75) is 6.92 Å². The second-order valence-electron chi connectivity index (χ2n) is 9.05. The van der Waals surface area contributed by atoms with Gasteiger partial charge in [0.25, 0.3) is 11.8 Å². The number of hydrogen-bond donors (Lipinski definition) is 1. The van der Waals surface area contributed by atoms with Crippen molar-refractivity contribution < 1.29 is 14.3 Å². The van der Waals surface area contributed by atoms with Crippen LogP contribution in [0.1, 0.15) is 26.3 Å². The van der Waals surface area contributed by atoms with E-state index in [0.717, 1.165) is 40.7 Å². The van der Waals surface area contributed by atoms with E-state index in [1.54, 1.807) is 7.11 Å². The number of carbonyl (C=O) groups excluding carboxylic acids is 2. The van der Waals surface area contributed by atoms with E-state index in [1.807, 2.05) is 96.8 Å². The normalized spacial score (nSPS) is 13.5. The molecular weight excluding hydrogens is 450 g/mol. The van der Waals surface area contributed by atoms with Crippen LogP contribution in [0.15, 0.2) is 84.9 Å². The molecular formula is C30H29N3O3. The molecule has 6 nitrogen and oxygen atoms in total. The molecule has 1 aliphatic rings. The maximum Gasteiger partial charge on any atom is 0.259 e. The molecule has 0 spiro atoms. The van der Waals surface area contributed by atoms with Gasteiger partial charge in [-0.2, -0.15) is 0 Å². The number of anilines is 2. The molecule has 0 atom stereocenters. The van der Waals surface area contributed by atoms with Gasteiger partial charge >= 0.3 is 0 Å². The van der Waals surface area contributed by atoms with Crippen molar-refractivity contribution in [2.75, 3.05) is 43.5 Å². The summed E-state index contributed by atoms with van der Waals surface area (Å²) in [5.74, 6) is 0.409. The summed E-state index contributed by atoms with van der Waals surface area (Å²) in [6.45, 7) is 4.89. The Balaban J connectivity index is 1.22. The number of amides is 2. The molecule has 4 aromatic rings. The Hall–Kier alpha value is -4.32. The molecule has 2 amide bonds. The van der Waals surface area contributed by atoms with E-state index in [2.05, 4.69) is 10.2 Å². The molecule has 4 aromatic carbocycles. The number of methoxy groups -OCH3 is 1. The third kappa shape index (κ3) is 4.89. The first-order valence-electron chi connectivity index (χ1n) is 12.1. The minimum atomic E-state index is -0.214. The summed E-state index contributed by atoms with van der Waals surface area (Å²) in [4.78, 5) is 30.0. The zero-order valence-corrected chi connectivity index (χ0v) is 20.5. The van der Waals surface area contributed by atoms with Gasteiger partial charge in [0, 0.05) is 43.1 Å². The van der Waals surface area contributed by atoms with E-state index in [4.69, 9.17) is 4.74 Å². The average molecular weight is 480 g/mol. The summed E-state index contributed by atoms with van der Waals surface area (Å²) in [5.41, 5.74) is 4.16. The van der Waals surface area contributed by atoms with E-state index in [0.29, 0.717) is 30.1 Å². The number of carbonyl (C=O) groups is 2. The molecule has 6 heteroatoms. The standard InChI is InChI=1S/C30H29N3O3/c1-21-7-9-22(10-8-21)30(35)33-17-15-32(16-18-33)26-13-11-25(12-14-26)31-29(34)27-19-23-5-3-4-6-24(23)20-28(27)36-2/h3-14,19-20H,15-18H2,1-2H3,(H,31,34). The predicted molar refractivity (Wildman–Crippen MR) is 144 cm³/mol. The van der Waals surface area contributed by atoms with Crippen molar-refractivity contribution in [3.8, 4) is 5.75 Å². The Morgan fingerprint density at radius 1 is 0.806 bits per heavy atom. The Morgan fingerprint density at radius 2 is 1.44 bits per heavy atom. The number of nitrogens with one attached hydrogen (secondary N) is 1. The molecule has 0 saturated carbocycles. The lowest BCUT2D eigenvalue weighted by Crippen LogP contribution is -2.48. The monoisotopic (exact) mass is 479 g/mol. The van der Waals surface area contributed by atoms with Crippen LogP contribution >= 0.6 is 0 Å². The third-order valence-electron chi connectivity index (χ3n) is 6.67. The smallest absolute Gasteiger partial charge is 0.259 e. The largest absolute Gasteiger partial charge is 0.496 e. The van der Waals surface area contributed by atoms with Crippen molar-refractivity contribution in [3.05, 3.63) is 102 Å². The number of ether oxygens (including phenoxy) is 1. The molecule has 0 radical (unpaired) electrons. The van der Waals surface area contributed by atoms with Gasteiger partial charge in [0.1, 0.15) is 5.75 Å². The van der Waals surface area contributed by atoms with Crippen LogP contribution in [0, 0.1) is 6.92 Å². The van der Waals surface area contributed by atoms with Crippen LogP contribution in [0.4, 0.5) is 11.4 Å². The molecule has 0 unspecified atom stereocenters. The second kappa shape index (κ2) is 10.1. The average Bonchev–Trinajstić information content (AvgIpc) is 2.93. The van der Waals surface area contributed by atoms with Crippen LogP contribution in [0.5, 0.6) is 5.75 Å². The number of aryl methyl sites for hydroxylation is 1. The summed E-state index contributed by atoms with van der Waals surface area (Å²) >= 11 is 0. The minimum absolute atomic E-state index is 0.0804. The number of nitrogens with zero attached hydrogens (tertiary/aromatic N) is 2. The van der Waals surface area contributed by atoms with Crippen LogP contribution in [0.3, 0.4) is 0 Å². The van der Waals surface area contributed by atoms with Crippen LogP contribution in [0.2, 0.25) is 0 Å². The molecule has 0 bridgehead atoms. The van der Waals surface area contributed by atoms with Gasteiger partial charge in [0.05, 0.1) is 12.7 Å². The van der Waals surface area contributed by atoms with E-state index in [9.17, 15) is 9.59 Å². The zero-order chi connectivity index (χ0) is 25.1. The van der Waals surface area contributed by atoms with Crippen LogP contribution in [-0.2, 0) is 0 Å². The lowest BCUT2D eigenvalue weighted by molar-refractivity contribution is 0.0746. The van der Waals surface area contributed by atoms with Gasteiger partial charge in [0.15, 0.2) is 0 Å². The molecule has 1 aliphatic heterocycles. The maximum atomic E-state index is 13.0. The highest BCUT2D eigenvalue weighted by Crippen LogP contribution is 2.27. The number of rotatable bonds is 5. The fourth-order valence-corrected chi connectivity index (χ4v) is 4.57. The Labute approximate surface area is 211 Å². The lowest BCUT2D eigenvalue weighted by Gasteiger charge is -2.36. The van der Waals surface area contributed by atoms with Gasteiger partial charge in [-0.1, -0.05) is 42.0 Å². The SMILES string of the molecule is COc1cc2ccccc2cc1C(=O)Nc1ccc(N2CCN(C(=O)c3ccc(C)cc3)CC2)cc1. The molecule has 36 heavy (non-hydrogen) atoms. The summed E-state index contributed by atoms with van der Waals surface area (Å²) in [5, 5.41) is 4.99.